The van der Waals surface area contributed by atoms with Gasteiger partial charge >= 0.3 is 0 Å². The normalized spacial score (nSPS) is 10.1. The first-order valence-electron chi connectivity index (χ1n) is 5.84. The van der Waals surface area contributed by atoms with E-state index in [2.05, 4.69) is 6.92 Å². The maximum atomic E-state index is 5.70. The van der Waals surface area contributed by atoms with E-state index in [1.165, 1.54) is 0 Å². The molecule has 0 aliphatic rings. The molecule has 0 aliphatic carbocycles. The van der Waals surface area contributed by atoms with Gasteiger partial charge in [0.25, 0.3) is 0 Å². The second-order valence-corrected chi connectivity index (χ2v) is 3.74. The third-order valence-corrected chi connectivity index (χ3v) is 2.50. The number of rotatable bonds is 7. The Morgan fingerprint density at radius 1 is 1.12 bits per heavy atom. The molecule has 2 N–H and O–H groups in total. The van der Waals surface area contributed by atoms with Crippen LogP contribution >= 0.6 is 0 Å². The third kappa shape index (κ3) is 3.53. The summed E-state index contributed by atoms with van der Waals surface area (Å²) >= 11 is 0. The molecule has 0 unspecified atom stereocenters. The van der Waals surface area contributed by atoms with Gasteiger partial charge in [0, 0.05) is 6.54 Å². The minimum atomic E-state index is 0.446. The summed E-state index contributed by atoms with van der Waals surface area (Å²) in [6, 6.07) is 3.76. The van der Waals surface area contributed by atoms with E-state index in [0.29, 0.717) is 30.4 Å². The third-order valence-electron chi connectivity index (χ3n) is 2.50. The van der Waals surface area contributed by atoms with Gasteiger partial charge < -0.3 is 19.9 Å². The molecule has 0 aromatic heterocycles. The highest BCUT2D eigenvalue weighted by Crippen LogP contribution is 2.38. The van der Waals surface area contributed by atoms with Crippen LogP contribution in [0.3, 0.4) is 0 Å². The zero-order valence-electron chi connectivity index (χ0n) is 10.8. The van der Waals surface area contributed by atoms with Crippen LogP contribution in [0.15, 0.2) is 12.1 Å². The van der Waals surface area contributed by atoms with E-state index in [1.807, 2.05) is 12.1 Å². The lowest BCUT2D eigenvalue weighted by atomic mass is 10.2. The van der Waals surface area contributed by atoms with Gasteiger partial charge in [-0.05, 0) is 24.1 Å². The maximum Gasteiger partial charge on any atom is 0.203 e. The van der Waals surface area contributed by atoms with Crippen LogP contribution in [0.2, 0.25) is 0 Å². The van der Waals surface area contributed by atoms with Crippen LogP contribution < -0.4 is 19.9 Å². The smallest absolute Gasteiger partial charge is 0.203 e. The van der Waals surface area contributed by atoms with Gasteiger partial charge in [0.2, 0.25) is 5.75 Å². The summed E-state index contributed by atoms with van der Waals surface area (Å²) in [5.41, 5.74) is 6.58. The molecule has 4 heteroatoms. The minimum absolute atomic E-state index is 0.446. The molecule has 96 valence electrons. The highest BCUT2D eigenvalue weighted by molar-refractivity contribution is 5.53. The molecular formula is C13H21NO3. The van der Waals surface area contributed by atoms with Crippen LogP contribution in [0.5, 0.6) is 17.2 Å². The fourth-order valence-corrected chi connectivity index (χ4v) is 1.51. The van der Waals surface area contributed by atoms with Crippen LogP contribution in [0.1, 0.15) is 25.3 Å². The first-order chi connectivity index (χ1) is 8.26. The Balaban J connectivity index is 2.98. The first kappa shape index (κ1) is 13.6. The lowest BCUT2D eigenvalue weighted by Gasteiger charge is -2.15. The number of benzene rings is 1. The molecule has 0 spiro atoms. The standard InChI is InChI=1S/C13H21NO3/c1-4-5-6-17-13-11(15-2)7-10(9-14)8-12(13)16-3/h7-8H,4-6,9,14H2,1-3H3. The van der Waals surface area contributed by atoms with E-state index in [0.717, 1.165) is 18.4 Å². The molecule has 1 rings (SSSR count). The van der Waals surface area contributed by atoms with Crippen molar-refractivity contribution in [1.29, 1.82) is 0 Å². The van der Waals surface area contributed by atoms with Gasteiger partial charge in [-0.1, -0.05) is 13.3 Å². The highest BCUT2D eigenvalue weighted by Gasteiger charge is 2.13. The van der Waals surface area contributed by atoms with Gasteiger partial charge in [-0.2, -0.15) is 0 Å². The topological polar surface area (TPSA) is 53.7 Å². The molecule has 0 saturated heterocycles. The summed E-state index contributed by atoms with van der Waals surface area (Å²) in [5.74, 6) is 1.99. The number of unbranched alkanes of at least 4 members (excludes halogenated alkanes) is 1. The Hall–Kier alpha value is -1.42. The van der Waals surface area contributed by atoms with Crippen molar-refractivity contribution < 1.29 is 14.2 Å². The Kier molecular flexibility index (Phi) is 5.63. The van der Waals surface area contributed by atoms with Gasteiger partial charge in [-0.15, -0.1) is 0 Å². The van der Waals surface area contributed by atoms with Crippen molar-refractivity contribution in [3.05, 3.63) is 17.7 Å². The summed E-state index contributed by atoms with van der Waals surface area (Å²) in [7, 11) is 3.23. The molecule has 0 bridgehead atoms. The predicted octanol–water partition coefficient (Wildman–Crippen LogP) is 2.34. The Labute approximate surface area is 103 Å². The lowest BCUT2D eigenvalue weighted by Crippen LogP contribution is -2.04. The minimum Gasteiger partial charge on any atom is -0.493 e. The van der Waals surface area contributed by atoms with Crippen molar-refractivity contribution in [1.82, 2.24) is 0 Å². The van der Waals surface area contributed by atoms with E-state index >= 15 is 0 Å². The van der Waals surface area contributed by atoms with Crippen LogP contribution in [-0.4, -0.2) is 20.8 Å². The molecule has 0 aliphatic heterocycles. The summed E-state index contributed by atoms with van der Waals surface area (Å²) in [6.07, 6.45) is 2.09. The van der Waals surface area contributed by atoms with Crippen LogP contribution in [-0.2, 0) is 6.54 Å². The Bertz CT molecular complexity index is 328. The number of ether oxygens (including phenoxy) is 3. The summed E-state index contributed by atoms with van der Waals surface area (Å²) < 4.78 is 16.3. The zero-order chi connectivity index (χ0) is 12.7. The number of nitrogens with two attached hydrogens (primary N) is 1. The molecule has 0 saturated carbocycles. The number of methoxy groups -OCH3 is 2. The molecule has 0 heterocycles. The van der Waals surface area contributed by atoms with Gasteiger partial charge in [0.15, 0.2) is 11.5 Å². The molecule has 0 radical (unpaired) electrons. The quantitative estimate of drug-likeness (QED) is 0.742. The Morgan fingerprint density at radius 3 is 2.12 bits per heavy atom. The molecular weight excluding hydrogens is 218 g/mol. The van der Waals surface area contributed by atoms with E-state index in [4.69, 9.17) is 19.9 Å². The van der Waals surface area contributed by atoms with Crippen molar-refractivity contribution in [2.45, 2.75) is 26.3 Å². The lowest BCUT2D eigenvalue weighted by molar-refractivity contribution is 0.269. The molecule has 17 heavy (non-hydrogen) atoms. The average Bonchev–Trinajstić information content (AvgIpc) is 2.38. The molecule has 4 nitrogen and oxygen atoms in total. The Morgan fingerprint density at radius 2 is 1.71 bits per heavy atom. The van der Waals surface area contributed by atoms with Crippen molar-refractivity contribution in [3.8, 4) is 17.2 Å². The van der Waals surface area contributed by atoms with E-state index in [1.54, 1.807) is 14.2 Å². The number of hydrogen-bond donors (Lipinski definition) is 1. The van der Waals surface area contributed by atoms with Crippen molar-refractivity contribution in [2.24, 2.45) is 5.73 Å². The van der Waals surface area contributed by atoms with E-state index in [9.17, 15) is 0 Å². The van der Waals surface area contributed by atoms with Crippen molar-refractivity contribution in [2.75, 3.05) is 20.8 Å². The maximum absolute atomic E-state index is 5.70. The SMILES string of the molecule is CCCCOc1c(OC)cc(CN)cc1OC. The highest BCUT2D eigenvalue weighted by atomic mass is 16.5. The van der Waals surface area contributed by atoms with Crippen LogP contribution in [0.4, 0.5) is 0 Å². The summed E-state index contributed by atoms with van der Waals surface area (Å²) in [4.78, 5) is 0. The molecule has 1 aromatic rings. The molecule has 1 aromatic carbocycles. The fourth-order valence-electron chi connectivity index (χ4n) is 1.51. The number of hydrogen-bond acceptors (Lipinski definition) is 4. The fraction of sp³-hybridized carbons (Fsp3) is 0.538. The second-order valence-electron chi connectivity index (χ2n) is 3.74. The summed E-state index contributed by atoms with van der Waals surface area (Å²) in [5, 5.41) is 0. The van der Waals surface area contributed by atoms with Gasteiger partial charge in [0.05, 0.1) is 20.8 Å². The first-order valence-corrected chi connectivity index (χ1v) is 5.84. The van der Waals surface area contributed by atoms with Crippen molar-refractivity contribution >= 4 is 0 Å². The predicted molar refractivity (Wildman–Crippen MR) is 67.8 cm³/mol. The average molecular weight is 239 g/mol. The molecule has 0 amide bonds. The summed E-state index contributed by atoms with van der Waals surface area (Å²) in [6.45, 7) is 3.22. The van der Waals surface area contributed by atoms with Crippen molar-refractivity contribution in [3.63, 3.8) is 0 Å². The van der Waals surface area contributed by atoms with Gasteiger partial charge in [0.1, 0.15) is 0 Å². The van der Waals surface area contributed by atoms with Gasteiger partial charge in [-0.25, -0.2) is 0 Å². The van der Waals surface area contributed by atoms with Crippen LogP contribution in [0, 0.1) is 0 Å². The van der Waals surface area contributed by atoms with E-state index < -0.39 is 0 Å². The van der Waals surface area contributed by atoms with Crippen LogP contribution in [0.25, 0.3) is 0 Å². The largest absolute Gasteiger partial charge is 0.493 e. The second kappa shape index (κ2) is 7.01. The monoisotopic (exact) mass is 239 g/mol. The zero-order valence-corrected chi connectivity index (χ0v) is 10.8. The molecule has 0 atom stereocenters. The molecule has 0 fully saturated rings. The van der Waals surface area contributed by atoms with E-state index in [-0.39, 0.29) is 0 Å². The van der Waals surface area contributed by atoms with Gasteiger partial charge in [-0.3, -0.25) is 0 Å².